The lowest BCUT2D eigenvalue weighted by atomic mass is 10.2. The van der Waals surface area contributed by atoms with E-state index in [1.807, 2.05) is 6.07 Å². The Morgan fingerprint density at radius 1 is 1.29 bits per heavy atom. The Bertz CT molecular complexity index is 589. The summed E-state index contributed by atoms with van der Waals surface area (Å²) in [4.78, 5) is 3.92. The maximum Gasteiger partial charge on any atom is 0.0992 e. The molecule has 84 valence electrons. The Labute approximate surface area is 107 Å². The van der Waals surface area contributed by atoms with Crippen LogP contribution < -0.4 is 11.1 Å². The van der Waals surface area contributed by atoms with Crippen LogP contribution in [0, 0.1) is 11.3 Å². The number of benzene rings is 1. The summed E-state index contributed by atoms with van der Waals surface area (Å²) in [6.07, 6.45) is 3.25. The molecule has 0 bridgehead atoms. The summed E-state index contributed by atoms with van der Waals surface area (Å²) < 4.78 is 0.813. The molecule has 1 aromatic carbocycles. The van der Waals surface area contributed by atoms with Crippen molar-refractivity contribution in [1.29, 1.82) is 5.26 Å². The summed E-state index contributed by atoms with van der Waals surface area (Å²) in [6, 6.07) is 9.18. The predicted molar refractivity (Wildman–Crippen MR) is 70.8 cm³/mol. The first kappa shape index (κ1) is 11.4. The van der Waals surface area contributed by atoms with Gasteiger partial charge in [-0.2, -0.15) is 5.26 Å². The zero-order valence-electron chi connectivity index (χ0n) is 8.81. The standard InChI is InChI=1S/C12H9BrN4/c13-9-5-8(6-14)1-2-11(9)17-12-3-4-16-7-10(12)15/h1-5,7H,15H2,(H,16,17). The van der Waals surface area contributed by atoms with Crippen LogP contribution >= 0.6 is 15.9 Å². The van der Waals surface area contributed by atoms with Crippen molar-refractivity contribution in [2.24, 2.45) is 0 Å². The number of anilines is 3. The molecule has 17 heavy (non-hydrogen) atoms. The highest BCUT2D eigenvalue weighted by Gasteiger charge is 2.03. The molecule has 0 fully saturated rings. The molecule has 5 heteroatoms. The molecule has 1 aromatic heterocycles. The van der Waals surface area contributed by atoms with Gasteiger partial charge in [-0.3, -0.25) is 4.98 Å². The third-order valence-electron chi connectivity index (χ3n) is 2.22. The fourth-order valence-corrected chi connectivity index (χ4v) is 1.83. The van der Waals surface area contributed by atoms with Crippen LogP contribution in [0.5, 0.6) is 0 Å². The summed E-state index contributed by atoms with van der Waals surface area (Å²) in [6.45, 7) is 0. The molecule has 0 unspecified atom stereocenters. The normalized spacial score (nSPS) is 9.65. The monoisotopic (exact) mass is 288 g/mol. The maximum atomic E-state index is 8.77. The highest BCUT2D eigenvalue weighted by atomic mass is 79.9. The molecule has 0 aliphatic carbocycles. The highest BCUT2D eigenvalue weighted by Crippen LogP contribution is 2.28. The molecule has 0 radical (unpaired) electrons. The van der Waals surface area contributed by atoms with Gasteiger partial charge >= 0.3 is 0 Å². The van der Waals surface area contributed by atoms with Gasteiger partial charge in [0, 0.05) is 10.7 Å². The van der Waals surface area contributed by atoms with E-state index in [2.05, 4.69) is 32.3 Å². The highest BCUT2D eigenvalue weighted by molar-refractivity contribution is 9.10. The zero-order valence-corrected chi connectivity index (χ0v) is 10.4. The molecular formula is C12H9BrN4. The van der Waals surface area contributed by atoms with Crippen molar-refractivity contribution < 1.29 is 0 Å². The first-order chi connectivity index (χ1) is 8.20. The summed E-state index contributed by atoms with van der Waals surface area (Å²) in [5.74, 6) is 0. The number of pyridine rings is 1. The van der Waals surface area contributed by atoms with Gasteiger partial charge in [-0.15, -0.1) is 0 Å². The predicted octanol–water partition coefficient (Wildman–Crippen LogP) is 3.04. The van der Waals surface area contributed by atoms with Crippen LogP contribution in [0.25, 0.3) is 0 Å². The molecule has 3 N–H and O–H groups in total. The van der Waals surface area contributed by atoms with E-state index < -0.39 is 0 Å². The van der Waals surface area contributed by atoms with Crippen LogP contribution in [-0.2, 0) is 0 Å². The van der Waals surface area contributed by atoms with Crippen LogP contribution in [0.15, 0.2) is 41.1 Å². The number of nitrogens with two attached hydrogens (primary N) is 1. The van der Waals surface area contributed by atoms with Crippen molar-refractivity contribution >= 4 is 33.0 Å². The van der Waals surface area contributed by atoms with Crippen molar-refractivity contribution in [2.45, 2.75) is 0 Å². The number of aromatic nitrogens is 1. The van der Waals surface area contributed by atoms with E-state index in [9.17, 15) is 0 Å². The fourth-order valence-electron chi connectivity index (χ4n) is 1.35. The van der Waals surface area contributed by atoms with Gasteiger partial charge < -0.3 is 11.1 Å². The second-order valence-corrected chi connectivity index (χ2v) is 4.25. The van der Waals surface area contributed by atoms with Gasteiger partial charge in [0.1, 0.15) is 0 Å². The molecule has 0 saturated carbocycles. The van der Waals surface area contributed by atoms with Gasteiger partial charge in [0.05, 0.1) is 34.9 Å². The molecule has 0 spiro atoms. The van der Waals surface area contributed by atoms with Gasteiger partial charge in [0.15, 0.2) is 0 Å². The van der Waals surface area contributed by atoms with Crippen molar-refractivity contribution in [2.75, 3.05) is 11.1 Å². The van der Waals surface area contributed by atoms with E-state index in [0.29, 0.717) is 11.3 Å². The van der Waals surface area contributed by atoms with Crippen LogP contribution in [0.3, 0.4) is 0 Å². The van der Waals surface area contributed by atoms with Crippen LogP contribution in [0.2, 0.25) is 0 Å². The molecule has 0 aliphatic rings. The van der Waals surface area contributed by atoms with E-state index in [1.165, 1.54) is 0 Å². The van der Waals surface area contributed by atoms with Crippen LogP contribution in [0.4, 0.5) is 17.1 Å². The van der Waals surface area contributed by atoms with Crippen molar-refractivity contribution in [3.8, 4) is 6.07 Å². The molecule has 2 aromatic rings. The van der Waals surface area contributed by atoms with E-state index in [-0.39, 0.29) is 0 Å². The number of rotatable bonds is 2. The number of nitrogen functional groups attached to an aromatic ring is 1. The summed E-state index contributed by atoms with van der Waals surface area (Å²) in [5, 5.41) is 11.9. The Morgan fingerprint density at radius 3 is 2.76 bits per heavy atom. The van der Waals surface area contributed by atoms with Crippen molar-refractivity contribution in [3.63, 3.8) is 0 Å². The molecule has 1 heterocycles. The number of halogens is 1. The summed E-state index contributed by atoms with van der Waals surface area (Å²) in [7, 11) is 0. The molecule has 2 rings (SSSR count). The lowest BCUT2D eigenvalue weighted by molar-refractivity contribution is 1.33. The minimum atomic E-state index is 0.573. The van der Waals surface area contributed by atoms with Gasteiger partial charge in [-0.1, -0.05) is 0 Å². The third kappa shape index (κ3) is 2.55. The largest absolute Gasteiger partial charge is 0.396 e. The average molecular weight is 289 g/mol. The number of nitrogens with one attached hydrogen (secondary N) is 1. The number of nitriles is 1. The van der Waals surface area contributed by atoms with E-state index in [0.717, 1.165) is 15.8 Å². The van der Waals surface area contributed by atoms with Crippen molar-refractivity contribution in [3.05, 3.63) is 46.7 Å². The average Bonchev–Trinajstić information content (AvgIpc) is 2.34. The van der Waals surface area contributed by atoms with E-state index in [4.69, 9.17) is 11.0 Å². The second-order valence-electron chi connectivity index (χ2n) is 3.39. The Kier molecular flexibility index (Phi) is 3.26. The Morgan fingerprint density at radius 2 is 2.12 bits per heavy atom. The van der Waals surface area contributed by atoms with Gasteiger partial charge in [-0.05, 0) is 40.2 Å². The van der Waals surface area contributed by atoms with Gasteiger partial charge in [-0.25, -0.2) is 0 Å². The van der Waals surface area contributed by atoms with Gasteiger partial charge in [0.2, 0.25) is 0 Å². The SMILES string of the molecule is N#Cc1ccc(Nc2ccncc2N)c(Br)c1. The van der Waals surface area contributed by atoms with Crippen molar-refractivity contribution in [1.82, 2.24) is 4.98 Å². The lowest BCUT2D eigenvalue weighted by Gasteiger charge is -2.10. The number of hydrogen-bond donors (Lipinski definition) is 2. The Hall–Kier alpha value is -2.06. The number of nitrogens with zero attached hydrogens (tertiary/aromatic N) is 2. The zero-order chi connectivity index (χ0) is 12.3. The minimum Gasteiger partial charge on any atom is -0.396 e. The van der Waals surface area contributed by atoms with Gasteiger partial charge in [0.25, 0.3) is 0 Å². The molecular weight excluding hydrogens is 280 g/mol. The maximum absolute atomic E-state index is 8.77. The lowest BCUT2D eigenvalue weighted by Crippen LogP contribution is -1.97. The summed E-state index contributed by atoms with van der Waals surface area (Å²) >= 11 is 3.40. The van der Waals surface area contributed by atoms with Crippen LogP contribution in [-0.4, -0.2) is 4.98 Å². The van der Waals surface area contributed by atoms with E-state index >= 15 is 0 Å². The molecule has 4 nitrogen and oxygen atoms in total. The first-order valence-corrected chi connectivity index (χ1v) is 5.66. The molecule has 0 aliphatic heterocycles. The minimum absolute atomic E-state index is 0.573. The third-order valence-corrected chi connectivity index (χ3v) is 2.88. The van der Waals surface area contributed by atoms with Crippen LogP contribution in [0.1, 0.15) is 5.56 Å². The molecule has 0 saturated heterocycles. The number of hydrogen-bond acceptors (Lipinski definition) is 4. The van der Waals surface area contributed by atoms with E-state index in [1.54, 1.807) is 30.6 Å². The fraction of sp³-hybridized carbons (Fsp3) is 0. The quantitative estimate of drug-likeness (QED) is 0.891. The second kappa shape index (κ2) is 4.85. The molecule has 0 atom stereocenters. The summed E-state index contributed by atoms with van der Waals surface area (Å²) in [5.41, 5.74) is 8.59. The topological polar surface area (TPSA) is 74.7 Å². The Balaban J connectivity index is 2.32. The smallest absolute Gasteiger partial charge is 0.0992 e. The molecule has 0 amide bonds. The first-order valence-electron chi connectivity index (χ1n) is 4.87.